The summed E-state index contributed by atoms with van der Waals surface area (Å²) in [5, 5.41) is 0. The Balaban J connectivity index is 2.18. The van der Waals surface area contributed by atoms with Crippen molar-refractivity contribution in [3.8, 4) is 0 Å². The molecule has 0 fully saturated rings. The van der Waals surface area contributed by atoms with E-state index in [-0.39, 0.29) is 6.61 Å². The van der Waals surface area contributed by atoms with Crippen molar-refractivity contribution in [3.63, 3.8) is 0 Å². The maximum absolute atomic E-state index is 12.6. The Kier molecular flexibility index (Phi) is 5.43. The van der Waals surface area contributed by atoms with Crippen molar-refractivity contribution in [2.75, 3.05) is 18.6 Å². The maximum Gasteiger partial charge on any atom is 0.416 e. The van der Waals surface area contributed by atoms with Crippen molar-refractivity contribution in [3.05, 3.63) is 59.3 Å². The van der Waals surface area contributed by atoms with Gasteiger partial charge in [0.25, 0.3) is 0 Å². The van der Waals surface area contributed by atoms with Gasteiger partial charge in [-0.1, -0.05) is 12.1 Å². The van der Waals surface area contributed by atoms with E-state index in [4.69, 9.17) is 4.74 Å². The Hall–Kier alpha value is -2.57. The van der Waals surface area contributed by atoms with Crippen molar-refractivity contribution in [1.29, 1.82) is 0 Å². The first-order valence-corrected chi connectivity index (χ1v) is 7.32. The van der Waals surface area contributed by atoms with Crippen LogP contribution in [0, 0.1) is 0 Å². The first kappa shape index (κ1) is 17.8. The van der Waals surface area contributed by atoms with Gasteiger partial charge in [-0.05, 0) is 36.8 Å². The summed E-state index contributed by atoms with van der Waals surface area (Å²) in [5.41, 5.74) is 0.290. The Bertz CT molecular complexity index is 700. The molecule has 4 nitrogen and oxygen atoms in total. The van der Waals surface area contributed by atoms with Crippen LogP contribution in [0.5, 0.6) is 0 Å². The number of hydrogen-bond donors (Lipinski definition) is 0. The highest BCUT2D eigenvalue weighted by Crippen LogP contribution is 2.29. The summed E-state index contributed by atoms with van der Waals surface area (Å²) in [4.78, 5) is 17.8. The molecule has 2 rings (SSSR count). The van der Waals surface area contributed by atoms with Crippen LogP contribution in [0.4, 0.5) is 19.0 Å². The number of aromatic nitrogens is 1. The summed E-state index contributed by atoms with van der Waals surface area (Å²) in [5.74, 6) is -0.0734. The molecule has 7 heteroatoms. The Labute approximate surface area is 137 Å². The molecule has 0 atom stereocenters. The smallest absolute Gasteiger partial charge is 0.416 e. The minimum Gasteiger partial charge on any atom is -0.462 e. The number of pyridine rings is 1. The molecule has 0 saturated heterocycles. The molecule has 0 bridgehead atoms. The summed E-state index contributed by atoms with van der Waals surface area (Å²) in [7, 11) is 1.71. The van der Waals surface area contributed by atoms with Gasteiger partial charge in [-0.3, -0.25) is 0 Å². The number of hydrogen-bond acceptors (Lipinski definition) is 4. The van der Waals surface area contributed by atoms with E-state index in [1.54, 1.807) is 37.2 Å². The Morgan fingerprint density at radius 2 is 1.88 bits per heavy atom. The summed E-state index contributed by atoms with van der Waals surface area (Å²) < 4.78 is 42.8. The highest BCUT2D eigenvalue weighted by Gasteiger charge is 2.30. The van der Waals surface area contributed by atoms with Gasteiger partial charge < -0.3 is 9.64 Å². The van der Waals surface area contributed by atoms with Crippen LogP contribution in [0.2, 0.25) is 0 Å². The van der Waals surface area contributed by atoms with Gasteiger partial charge in [0.05, 0.1) is 12.2 Å². The van der Waals surface area contributed by atoms with Gasteiger partial charge in [-0.15, -0.1) is 0 Å². The Morgan fingerprint density at radius 3 is 2.46 bits per heavy atom. The fourth-order valence-electron chi connectivity index (χ4n) is 2.22. The zero-order valence-electron chi connectivity index (χ0n) is 13.3. The van der Waals surface area contributed by atoms with E-state index in [1.807, 2.05) is 0 Å². The average Bonchev–Trinajstić information content (AvgIpc) is 2.54. The van der Waals surface area contributed by atoms with Crippen LogP contribution in [0.15, 0.2) is 42.6 Å². The van der Waals surface area contributed by atoms with E-state index >= 15 is 0 Å². The standard InChI is InChI=1S/C17H17F3N2O2/c1-3-24-16(23)14-5-4-10-21-15(14)22(2)11-12-6-8-13(9-7-12)17(18,19)20/h4-10H,3,11H2,1-2H3. The van der Waals surface area contributed by atoms with Gasteiger partial charge >= 0.3 is 12.1 Å². The second-order valence-electron chi connectivity index (χ2n) is 5.15. The molecule has 0 N–H and O–H groups in total. The normalized spacial score (nSPS) is 11.2. The van der Waals surface area contributed by atoms with Gasteiger partial charge in [-0.25, -0.2) is 9.78 Å². The van der Waals surface area contributed by atoms with Crippen molar-refractivity contribution in [2.45, 2.75) is 19.6 Å². The number of rotatable bonds is 5. The highest BCUT2D eigenvalue weighted by atomic mass is 19.4. The van der Waals surface area contributed by atoms with Gasteiger partial charge in [0.15, 0.2) is 0 Å². The predicted molar refractivity (Wildman–Crippen MR) is 83.7 cm³/mol. The van der Waals surface area contributed by atoms with Crippen LogP contribution in [-0.2, 0) is 17.5 Å². The third kappa shape index (κ3) is 4.24. The molecule has 2 aromatic rings. The number of esters is 1. The molecule has 1 heterocycles. The maximum atomic E-state index is 12.6. The minimum atomic E-state index is -4.36. The SMILES string of the molecule is CCOC(=O)c1cccnc1N(C)Cc1ccc(C(F)(F)F)cc1. The highest BCUT2D eigenvalue weighted by molar-refractivity contribution is 5.94. The lowest BCUT2D eigenvalue weighted by Gasteiger charge is -2.20. The minimum absolute atomic E-state index is 0.246. The lowest BCUT2D eigenvalue weighted by atomic mass is 10.1. The molecule has 0 spiro atoms. The molecule has 0 radical (unpaired) electrons. The summed E-state index contributed by atoms with van der Waals surface area (Å²) in [6, 6.07) is 8.12. The van der Waals surface area contributed by atoms with Crippen LogP contribution in [0.25, 0.3) is 0 Å². The molecule has 0 saturated carbocycles. The molecular weight excluding hydrogens is 321 g/mol. The van der Waals surface area contributed by atoms with E-state index < -0.39 is 17.7 Å². The molecule has 0 amide bonds. The molecule has 1 aromatic heterocycles. The van der Waals surface area contributed by atoms with Crippen molar-refractivity contribution < 1.29 is 22.7 Å². The molecule has 0 aliphatic carbocycles. The Morgan fingerprint density at radius 1 is 1.21 bits per heavy atom. The summed E-state index contributed by atoms with van der Waals surface area (Å²) in [6.45, 7) is 2.26. The van der Waals surface area contributed by atoms with Gasteiger partial charge in [0, 0.05) is 19.8 Å². The van der Waals surface area contributed by atoms with Crippen LogP contribution >= 0.6 is 0 Å². The lowest BCUT2D eigenvalue weighted by molar-refractivity contribution is -0.137. The molecule has 0 aliphatic heterocycles. The van der Waals surface area contributed by atoms with E-state index in [0.717, 1.165) is 12.1 Å². The number of benzene rings is 1. The lowest BCUT2D eigenvalue weighted by Crippen LogP contribution is -2.21. The fourth-order valence-corrected chi connectivity index (χ4v) is 2.22. The second-order valence-corrected chi connectivity index (χ2v) is 5.15. The van der Waals surface area contributed by atoms with Crippen LogP contribution in [0.1, 0.15) is 28.4 Å². The van der Waals surface area contributed by atoms with Crippen molar-refractivity contribution in [1.82, 2.24) is 4.98 Å². The molecule has 0 unspecified atom stereocenters. The number of ether oxygens (including phenoxy) is 1. The first-order valence-electron chi connectivity index (χ1n) is 7.32. The van der Waals surface area contributed by atoms with E-state index in [9.17, 15) is 18.0 Å². The molecular formula is C17H17F3N2O2. The largest absolute Gasteiger partial charge is 0.462 e. The third-order valence-electron chi connectivity index (χ3n) is 3.34. The monoisotopic (exact) mass is 338 g/mol. The third-order valence-corrected chi connectivity index (χ3v) is 3.34. The number of anilines is 1. The van der Waals surface area contributed by atoms with Gasteiger partial charge in [0.2, 0.25) is 0 Å². The number of halogens is 3. The summed E-state index contributed by atoms with van der Waals surface area (Å²) >= 11 is 0. The second kappa shape index (κ2) is 7.33. The molecule has 24 heavy (non-hydrogen) atoms. The van der Waals surface area contributed by atoms with E-state index in [0.29, 0.717) is 23.5 Å². The van der Waals surface area contributed by atoms with Crippen molar-refractivity contribution >= 4 is 11.8 Å². The first-order chi connectivity index (χ1) is 11.3. The number of nitrogens with zero attached hydrogens (tertiary/aromatic N) is 2. The average molecular weight is 338 g/mol. The van der Waals surface area contributed by atoms with Gasteiger partial charge in [0.1, 0.15) is 11.4 Å². The quantitative estimate of drug-likeness (QED) is 0.775. The summed E-state index contributed by atoms with van der Waals surface area (Å²) in [6.07, 6.45) is -2.82. The number of carbonyl (C=O) groups is 1. The predicted octanol–water partition coefficient (Wildman–Crippen LogP) is 3.91. The van der Waals surface area contributed by atoms with Crippen LogP contribution in [-0.4, -0.2) is 24.6 Å². The molecule has 128 valence electrons. The van der Waals surface area contributed by atoms with Crippen molar-refractivity contribution in [2.24, 2.45) is 0 Å². The topological polar surface area (TPSA) is 42.4 Å². The zero-order valence-corrected chi connectivity index (χ0v) is 13.3. The van der Waals surface area contributed by atoms with Gasteiger partial charge in [-0.2, -0.15) is 13.2 Å². The van der Waals surface area contributed by atoms with E-state index in [2.05, 4.69) is 4.98 Å². The van der Waals surface area contributed by atoms with E-state index in [1.165, 1.54) is 12.1 Å². The fraction of sp³-hybridized carbons (Fsp3) is 0.294. The number of carbonyl (C=O) groups excluding carboxylic acids is 1. The van der Waals surface area contributed by atoms with Crippen LogP contribution < -0.4 is 4.90 Å². The molecule has 0 aliphatic rings. The van der Waals surface area contributed by atoms with Crippen LogP contribution in [0.3, 0.4) is 0 Å². The zero-order chi connectivity index (χ0) is 17.7. The number of alkyl halides is 3. The molecule has 1 aromatic carbocycles.